The summed E-state index contributed by atoms with van der Waals surface area (Å²) in [6, 6.07) is 3.84. The Bertz CT molecular complexity index is 707. The summed E-state index contributed by atoms with van der Waals surface area (Å²) in [4.78, 5) is 8.68. The molecule has 18 heavy (non-hydrogen) atoms. The number of pyridine rings is 2. The number of aryl methyl sites for hydroxylation is 1. The Kier molecular flexibility index (Phi) is 2.71. The lowest BCUT2D eigenvalue weighted by Crippen LogP contribution is -1.93. The number of nitrogens with one attached hydrogen (secondary N) is 1. The maximum atomic E-state index is 4.38. The van der Waals surface area contributed by atoms with Gasteiger partial charge >= 0.3 is 0 Å². The van der Waals surface area contributed by atoms with Crippen molar-refractivity contribution in [2.45, 2.75) is 0 Å². The molecule has 3 heterocycles. The molecule has 3 rings (SSSR count). The number of hydrogen-bond donors (Lipinski definition) is 1. The van der Waals surface area contributed by atoms with Crippen molar-refractivity contribution in [1.29, 1.82) is 0 Å². The molecule has 0 aromatic carbocycles. The summed E-state index contributed by atoms with van der Waals surface area (Å²) in [6.45, 7) is 0. The quantitative estimate of drug-likeness (QED) is 0.791. The number of anilines is 2. The number of halogens is 1. The van der Waals surface area contributed by atoms with Crippen LogP contribution in [0.5, 0.6) is 0 Å². The Hall–Kier alpha value is -1.95. The molecule has 3 aromatic rings. The van der Waals surface area contributed by atoms with Gasteiger partial charge in [0.05, 0.1) is 23.1 Å². The van der Waals surface area contributed by atoms with Gasteiger partial charge in [-0.15, -0.1) is 0 Å². The van der Waals surface area contributed by atoms with Crippen LogP contribution in [-0.4, -0.2) is 19.7 Å². The van der Waals surface area contributed by atoms with Gasteiger partial charge in [-0.05, 0) is 28.1 Å². The molecule has 0 spiro atoms. The van der Waals surface area contributed by atoms with Crippen LogP contribution in [0.2, 0.25) is 0 Å². The highest BCUT2D eigenvalue weighted by molar-refractivity contribution is 9.10. The second-order valence-electron chi connectivity index (χ2n) is 3.91. The fraction of sp³-hybridized carbons (Fsp3) is 0.0833. The largest absolute Gasteiger partial charge is 0.351 e. The van der Waals surface area contributed by atoms with Crippen molar-refractivity contribution in [3.63, 3.8) is 0 Å². The van der Waals surface area contributed by atoms with Crippen LogP contribution in [-0.2, 0) is 7.05 Å². The van der Waals surface area contributed by atoms with Crippen LogP contribution in [0.4, 0.5) is 11.4 Å². The number of rotatable bonds is 2. The monoisotopic (exact) mass is 303 g/mol. The topological polar surface area (TPSA) is 55.6 Å². The lowest BCUT2D eigenvalue weighted by atomic mass is 10.3. The molecular weight excluding hydrogens is 294 g/mol. The van der Waals surface area contributed by atoms with Crippen LogP contribution in [0.3, 0.4) is 0 Å². The van der Waals surface area contributed by atoms with Gasteiger partial charge in [-0.3, -0.25) is 14.6 Å². The summed E-state index contributed by atoms with van der Waals surface area (Å²) in [5, 5.41) is 7.40. The molecule has 0 saturated carbocycles. The minimum absolute atomic E-state index is 0.838. The highest BCUT2D eigenvalue weighted by Gasteiger charge is 2.05. The van der Waals surface area contributed by atoms with Crippen molar-refractivity contribution in [2.75, 3.05) is 5.32 Å². The van der Waals surface area contributed by atoms with Crippen molar-refractivity contribution in [3.8, 4) is 0 Å². The predicted octanol–water partition coefficient (Wildman–Crippen LogP) is 2.87. The van der Waals surface area contributed by atoms with E-state index >= 15 is 0 Å². The highest BCUT2D eigenvalue weighted by Crippen LogP contribution is 2.24. The van der Waals surface area contributed by atoms with Crippen molar-refractivity contribution in [1.82, 2.24) is 19.7 Å². The average molecular weight is 304 g/mol. The smallest absolute Gasteiger partial charge is 0.112 e. The fourth-order valence-electron chi connectivity index (χ4n) is 1.75. The Morgan fingerprint density at radius 2 is 2.17 bits per heavy atom. The van der Waals surface area contributed by atoms with Gasteiger partial charge in [-0.2, -0.15) is 5.10 Å². The average Bonchev–Trinajstić information content (AvgIpc) is 2.75. The molecule has 0 bridgehead atoms. The second kappa shape index (κ2) is 4.38. The van der Waals surface area contributed by atoms with Crippen LogP contribution in [0.1, 0.15) is 0 Å². The Balaban J connectivity index is 2.06. The van der Waals surface area contributed by atoms with Crippen molar-refractivity contribution < 1.29 is 0 Å². The maximum Gasteiger partial charge on any atom is 0.112 e. The first-order valence-corrected chi connectivity index (χ1v) is 6.17. The minimum atomic E-state index is 0.838. The molecule has 0 radical (unpaired) electrons. The van der Waals surface area contributed by atoms with E-state index in [1.807, 2.05) is 25.4 Å². The van der Waals surface area contributed by atoms with E-state index in [2.05, 4.69) is 36.3 Å². The van der Waals surface area contributed by atoms with E-state index in [-0.39, 0.29) is 0 Å². The normalized spacial score (nSPS) is 10.8. The first-order chi connectivity index (χ1) is 8.72. The van der Waals surface area contributed by atoms with E-state index in [9.17, 15) is 0 Å². The summed E-state index contributed by atoms with van der Waals surface area (Å²) in [5.41, 5.74) is 3.53. The van der Waals surface area contributed by atoms with E-state index in [0.29, 0.717) is 0 Å². The molecular formula is C12H10BrN5. The van der Waals surface area contributed by atoms with E-state index in [1.165, 1.54) is 0 Å². The van der Waals surface area contributed by atoms with Gasteiger partial charge in [0.1, 0.15) is 5.52 Å². The third-order valence-electron chi connectivity index (χ3n) is 2.53. The van der Waals surface area contributed by atoms with Gasteiger partial charge < -0.3 is 5.32 Å². The first kappa shape index (κ1) is 11.2. The number of fused-ring (bicyclic) bond motifs is 1. The molecule has 0 unspecified atom stereocenters. The first-order valence-electron chi connectivity index (χ1n) is 5.38. The van der Waals surface area contributed by atoms with Gasteiger partial charge in [0.2, 0.25) is 0 Å². The van der Waals surface area contributed by atoms with E-state index in [4.69, 9.17) is 0 Å². The van der Waals surface area contributed by atoms with Gasteiger partial charge in [0, 0.05) is 30.1 Å². The standard InChI is InChI=1S/C12H10BrN5/c1-18-7-9(6-16-18)17-10-2-3-14-11-4-8(13)5-15-12(10)11/h2-7H,1H3,(H,14,17). The van der Waals surface area contributed by atoms with Crippen LogP contribution >= 0.6 is 15.9 Å². The van der Waals surface area contributed by atoms with E-state index in [0.717, 1.165) is 26.9 Å². The number of aromatic nitrogens is 4. The number of nitrogens with zero attached hydrogens (tertiary/aromatic N) is 4. The molecule has 0 atom stereocenters. The molecule has 0 aliphatic heterocycles. The molecule has 0 aliphatic rings. The summed E-state index contributed by atoms with van der Waals surface area (Å²) in [7, 11) is 1.88. The zero-order chi connectivity index (χ0) is 12.5. The van der Waals surface area contributed by atoms with Crippen LogP contribution in [0.25, 0.3) is 11.0 Å². The third kappa shape index (κ3) is 2.06. The van der Waals surface area contributed by atoms with Gasteiger partial charge in [0.25, 0.3) is 0 Å². The summed E-state index contributed by atoms with van der Waals surface area (Å²) < 4.78 is 2.66. The Morgan fingerprint density at radius 1 is 1.28 bits per heavy atom. The van der Waals surface area contributed by atoms with Crippen molar-refractivity contribution in [2.24, 2.45) is 7.05 Å². The summed E-state index contributed by atoms with van der Waals surface area (Å²) in [6.07, 6.45) is 7.20. The van der Waals surface area contributed by atoms with Crippen molar-refractivity contribution >= 4 is 38.3 Å². The molecule has 0 amide bonds. The molecule has 1 N–H and O–H groups in total. The molecule has 90 valence electrons. The van der Waals surface area contributed by atoms with Crippen LogP contribution in [0, 0.1) is 0 Å². The van der Waals surface area contributed by atoms with Gasteiger partial charge in [-0.1, -0.05) is 0 Å². The molecule has 0 aliphatic carbocycles. The van der Waals surface area contributed by atoms with E-state index < -0.39 is 0 Å². The summed E-state index contributed by atoms with van der Waals surface area (Å²) >= 11 is 3.39. The zero-order valence-corrected chi connectivity index (χ0v) is 11.2. The summed E-state index contributed by atoms with van der Waals surface area (Å²) in [5.74, 6) is 0. The zero-order valence-electron chi connectivity index (χ0n) is 9.63. The fourth-order valence-corrected chi connectivity index (χ4v) is 2.07. The lowest BCUT2D eigenvalue weighted by Gasteiger charge is -2.06. The molecule has 5 nitrogen and oxygen atoms in total. The SMILES string of the molecule is Cn1cc(Nc2ccnc3cc(Br)cnc23)cn1. The second-order valence-corrected chi connectivity index (χ2v) is 4.82. The van der Waals surface area contributed by atoms with E-state index in [1.54, 1.807) is 23.3 Å². The van der Waals surface area contributed by atoms with Gasteiger partial charge in [-0.25, -0.2) is 0 Å². The molecule has 3 aromatic heterocycles. The van der Waals surface area contributed by atoms with Gasteiger partial charge in [0.15, 0.2) is 0 Å². The van der Waals surface area contributed by atoms with Crippen molar-refractivity contribution in [3.05, 3.63) is 41.4 Å². The molecule has 0 fully saturated rings. The number of hydrogen-bond acceptors (Lipinski definition) is 4. The lowest BCUT2D eigenvalue weighted by molar-refractivity contribution is 0.768. The van der Waals surface area contributed by atoms with Crippen LogP contribution < -0.4 is 5.32 Å². The Morgan fingerprint density at radius 3 is 2.94 bits per heavy atom. The Labute approximate surface area is 112 Å². The maximum absolute atomic E-state index is 4.38. The molecule has 0 saturated heterocycles. The third-order valence-corrected chi connectivity index (χ3v) is 2.96. The minimum Gasteiger partial charge on any atom is -0.351 e. The highest BCUT2D eigenvalue weighted by atomic mass is 79.9. The molecule has 6 heteroatoms. The van der Waals surface area contributed by atoms with Crippen LogP contribution in [0.15, 0.2) is 41.4 Å². The predicted molar refractivity (Wildman–Crippen MR) is 73.7 cm³/mol.